The van der Waals surface area contributed by atoms with Crippen LogP contribution in [-0.4, -0.2) is 39.9 Å². The first-order chi connectivity index (χ1) is 10.9. The van der Waals surface area contributed by atoms with Crippen LogP contribution in [0.5, 0.6) is 0 Å². The molecule has 0 bridgehead atoms. The molecule has 1 aliphatic rings. The van der Waals surface area contributed by atoms with Crippen molar-refractivity contribution in [3.05, 3.63) is 39.3 Å². The molecule has 0 spiro atoms. The van der Waals surface area contributed by atoms with Gasteiger partial charge in [-0.3, -0.25) is 19.7 Å². The molecule has 1 aromatic heterocycles. The van der Waals surface area contributed by atoms with Crippen molar-refractivity contribution in [3.8, 4) is 0 Å². The fraction of sp³-hybridized carbons (Fsp3) is 0.333. The zero-order chi connectivity index (χ0) is 16.7. The van der Waals surface area contributed by atoms with Crippen LogP contribution < -0.4 is 0 Å². The minimum atomic E-state index is -0.889. The molecule has 8 heteroatoms. The molecular formula is C15H14N2O5S. The van der Waals surface area contributed by atoms with Gasteiger partial charge >= 0.3 is 5.97 Å². The van der Waals surface area contributed by atoms with Crippen molar-refractivity contribution in [2.24, 2.45) is 11.8 Å². The summed E-state index contributed by atoms with van der Waals surface area (Å²) in [5.74, 6) is -1.74. The lowest BCUT2D eigenvalue weighted by molar-refractivity contribution is -0.384. The zero-order valence-electron chi connectivity index (χ0n) is 12.3. The van der Waals surface area contributed by atoms with Gasteiger partial charge in [0, 0.05) is 35.3 Å². The first-order valence-electron chi connectivity index (χ1n) is 7.07. The van der Waals surface area contributed by atoms with Gasteiger partial charge in [-0.05, 0) is 18.1 Å². The lowest BCUT2D eigenvalue weighted by Gasteiger charge is -2.14. The molecule has 0 aliphatic carbocycles. The summed E-state index contributed by atoms with van der Waals surface area (Å²) in [5.41, 5.74) is -0.0185. The molecule has 2 heterocycles. The van der Waals surface area contributed by atoms with Crippen LogP contribution in [0.3, 0.4) is 0 Å². The summed E-state index contributed by atoms with van der Waals surface area (Å²) in [5, 5.41) is 20.6. The van der Waals surface area contributed by atoms with Crippen LogP contribution in [0.4, 0.5) is 5.69 Å². The number of carbonyl (C=O) groups is 2. The third-order valence-corrected chi connectivity index (χ3v) is 5.24. The topological polar surface area (TPSA) is 101 Å². The van der Waals surface area contributed by atoms with E-state index in [0.717, 1.165) is 4.70 Å². The summed E-state index contributed by atoms with van der Waals surface area (Å²) in [4.78, 5) is 36.1. The number of carboxylic acid groups (broad SMARTS) is 1. The molecule has 1 amide bonds. The molecule has 1 saturated heterocycles. The summed E-state index contributed by atoms with van der Waals surface area (Å²) >= 11 is 1.26. The lowest BCUT2D eigenvalue weighted by atomic mass is 9.99. The minimum absolute atomic E-state index is 0.0185. The number of hydrogen-bond donors (Lipinski definition) is 1. The van der Waals surface area contributed by atoms with Crippen LogP contribution in [0.1, 0.15) is 16.6 Å². The Morgan fingerprint density at radius 2 is 2.09 bits per heavy atom. The number of thiophene rings is 1. The Kier molecular flexibility index (Phi) is 3.77. The van der Waals surface area contributed by atoms with Gasteiger partial charge in [-0.1, -0.05) is 6.92 Å². The highest BCUT2D eigenvalue weighted by Gasteiger charge is 2.37. The average Bonchev–Trinajstić information content (AvgIpc) is 3.08. The Hall–Kier alpha value is -2.48. The fourth-order valence-electron chi connectivity index (χ4n) is 2.86. The third-order valence-electron chi connectivity index (χ3n) is 4.14. The molecule has 1 N–H and O–H groups in total. The van der Waals surface area contributed by atoms with Gasteiger partial charge in [-0.2, -0.15) is 0 Å². The normalized spacial score (nSPS) is 20.8. The number of rotatable bonds is 3. The first-order valence-corrected chi connectivity index (χ1v) is 7.88. The predicted molar refractivity (Wildman–Crippen MR) is 84.7 cm³/mol. The summed E-state index contributed by atoms with van der Waals surface area (Å²) in [6.45, 7) is 2.42. The Morgan fingerprint density at radius 1 is 1.35 bits per heavy atom. The monoisotopic (exact) mass is 334 g/mol. The van der Waals surface area contributed by atoms with E-state index in [2.05, 4.69) is 0 Å². The highest BCUT2D eigenvalue weighted by molar-refractivity contribution is 7.20. The minimum Gasteiger partial charge on any atom is -0.481 e. The molecule has 1 aliphatic heterocycles. The number of carbonyl (C=O) groups excluding carboxylic acids is 1. The Morgan fingerprint density at radius 3 is 2.70 bits per heavy atom. The molecule has 0 radical (unpaired) electrons. The Balaban J connectivity index is 1.87. The maximum atomic E-state index is 12.6. The number of amides is 1. The van der Waals surface area contributed by atoms with E-state index in [4.69, 9.17) is 5.11 Å². The first kappa shape index (κ1) is 15.4. The molecule has 1 fully saturated rings. The maximum Gasteiger partial charge on any atom is 0.308 e. The Labute approximate surface area is 135 Å². The van der Waals surface area contributed by atoms with E-state index in [1.165, 1.54) is 23.5 Å². The van der Waals surface area contributed by atoms with Crippen molar-refractivity contribution < 1.29 is 19.6 Å². The van der Waals surface area contributed by atoms with Gasteiger partial charge in [0.05, 0.1) is 15.7 Å². The molecule has 2 aromatic rings. The number of likely N-dealkylation sites (tertiary alicyclic amines) is 1. The van der Waals surface area contributed by atoms with Gasteiger partial charge in [-0.15, -0.1) is 11.3 Å². The van der Waals surface area contributed by atoms with Crippen molar-refractivity contribution >= 4 is 39.0 Å². The van der Waals surface area contributed by atoms with E-state index in [9.17, 15) is 19.7 Å². The van der Waals surface area contributed by atoms with Crippen molar-refractivity contribution in [2.45, 2.75) is 6.92 Å². The van der Waals surface area contributed by atoms with E-state index >= 15 is 0 Å². The number of fused-ring (bicyclic) bond motifs is 1. The van der Waals surface area contributed by atoms with Crippen molar-refractivity contribution in [1.82, 2.24) is 4.90 Å². The van der Waals surface area contributed by atoms with Crippen molar-refractivity contribution in [3.63, 3.8) is 0 Å². The largest absolute Gasteiger partial charge is 0.481 e. The second-order valence-corrected chi connectivity index (χ2v) is 6.81. The van der Waals surface area contributed by atoms with Gasteiger partial charge in [-0.25, -0.2) is 0 Å². The standard InChI is InChI=1S/C15H14N2O5S/c1-8-6-16(7-11(8)15(19)20)14(18)13-5-9-4-10(17(21)22)2-3-12(9)23-13/h2-5,8,11H,6-7H2,1H3,(H,19,20)/t8-,11-/m1/s1. The molecule has 2 atom stereocenters. The van der Waals surface area contributed by atoms with Crippen LogP contribution in [0.25, 0.3) is 10.1 Å². The SMILES string of the molecule is C[C@@H]1CN(C(=O)c2cc3cc([N+](=O)[O-])ccc3s2)C[C@H]1C(=O)O. The highest BCUT2D eigenvalue weighted by atomic mass is 32.1. The molecular weight excluding hydrogens is 320 g/mol. The highest BCUT2D eigenvalue weighted by Crippen LogP contribution is 2.31. The lowest BCUT2D eigenvalue weighted by Crippen LogP contribution is -2.29. The van der Waals surface area contributed by atoms with Gasteiger partial charge in [0.15, 0.2) is 0 Å². The molecule has 7 nitrogen and oxygen atoms in total. The fourth-order valence-corrected chi connectivity index (χ4v) is 3.87. The predicted octanol–water partition coefficient (Wildman–Crippen LogP) is 2.60. The van der Waals surface area contributed by atoms with Crippen molar-refractivity contribution in [2.75, 3.05) is 13.1 Å². The number of non-ortho nitro benzene ring substituents is 1. The summed E-state index contributed by atoms with van der Waals surface area (Å²) in [7, 11) is 0. The number of nitrogens with zero attached hydrogens (tertiary/aromatic N) is 2. The van der Waals surface area contributed by atoms with E-state index in [1.807, 2.05) is 6.92 Å². The number of nitro benzene ring substituents is 1. The van der Waals surface area contributed by atoms with Gasteiger partial charge in [0.2, 0.25) is 0 Å². The number of aliphatic carboxylic acids is 1. The molecule has 23 heavy (non-hydrogen) atoms. The second kappa shape index (κ2) is 5.62. The third kappa shape index (κ3) is 2.77. The quantitative estimate of drug-likeness (QED) is 0.687. The van der Waals surface area contributed by atoms with Gasteiger partial charge < -0.3 is 10.0 Å². The molecule has 0 unspecified atom stereocenters. The van der Waals surface area contributed by atoms with Crippen LogP contribution in [0, 0.1) is 22.0 Å². The molecule has 1 aromatic carbocycles. The van der Waals surface area contributed by atoms with Crippen LogP contribution in [0.2, 0.25) is 0 Å². The molecule has 120 valence electrons. The summed E-state index contributed by atoms with van der Waals surface area (Å²) in [6, 6.07) is 6.11. The smallest absolute Gasteiger partial charge is 0.308 e. The zero-order valence-corrected chi connectivity index (χ0v) is 13.1. The Bertz CT molecular complexity index is 815. The number of carboxylic acids is 1. The van der Waals surface area contributed by atoms with E-state index in [-0.39, 0.29) is 24.1 Å². The van der Waals surface area contributed by atoms with E-state index < -0.39 is 16.8 Å². The van der Waals surface area contributed by atoms with E-state index in [1.54, 1.807) is 17.0 Å². The van der Waals surface area contributed by atoms with Crippen LogP contribution >= 0.6 is 11.3 Å². The number of benzene rings is 1. The summed E-state index contributed by atoms with van der Waals surface area (Å²) in [6.07, 6.45) is 0. The summed E-state index contributed by atoms with van der Waals surface area (Å²) < 4.78 is 0.793. The number of nitro groups is 1. The van der Waals surface area contributed by atoms with Gasteiger partial charge in [0.25, 0.3) is 11.6 Å². The van der Waals surface area contributed by atoms with Gasteiger partial charge in [0.1, 0.15) is 0 Å². The number of hydrogen-bond acceptors (Lipinski definition) is 5. The maximum absolute atomic E-state index is 12.6. The van der Waals surface area contributed by atoms with E-state index in [0.29, 0.717) is 16.8 Å². The van der Waals surface area contributed by atoms with Crippen LogP contribution in [0.15, 0.2) is 24.3 Å². The molecule has 3 rings (SSSR count). The second-order valence-electron chi connectivity index (χ2n) is 5.72. The van der Waals surface area contributed by atoms with Crippen molar-refractivity contribution in [1.29, 1.82) is 0 Å². The molecule has 0 saturated carbocycles. The average molecular weight is 334 g/mol. The van der Waals surface area contributed by atoms with Crippen LogP contribution in [-0.2, 0) is 4.79 Å².